The maximum absolute atomic E-state index is 14.3. The van der Waals surface area contributed by atoms with Crippen LogP contribution in [0.25, 0.3) is 0 Å². The number of hydrogen-bond acceptors (Lipinski definition) is 6. The molecule has 0 unspecified atom stereocenters. The molecule has 7 rings (SSSR count). The van der Waals surface area contributed by atoms with Gasteiger partial charge in [0.1, 0.15) is 0 Å². The number of nitrogens with zero attached hydrogens (tertiary/aromatic N) is 4. The molecule has 49 heavy (non-hydrogen) atoms. The summed E-state index contributed by atoms with van der Waals surface area (Å²) in [6.45, 7) is 3.51. The highest BCUT2D eigenvalue weighted by molar-refractivity contribution is 6.08. The Morgan fingerprint density at radius 2 is 1.57 bits per heavy atom. The second-order valence-corrected chi connectivity index (χ2v) is 13.6. The van der Waals surface area contributed by atoms with Crippen LogP contribution in [0.3, 0.4) is 0 Å². The number of rotatable bonds is 9. The van der Waals surface area contributed by atoms with Crippen LogP contribution in [0.5, 0.6) is 0 Å². The highest BCUT2D eigenvalue weighted by atomic mass is 16.3. The van der Waals surface area contributed by atoms with Gasteiger partial charge in [-0.1, -0.05) is 55.5 Å². The molecule has 10 nitrogen and oxygen atoms in total. The molecule has 2 fully saturated rings. The number of amides is 4. The Bertz CT molecular complexity index is 1820. The van der Waals surface area contributed by atoms with Crippen molar-refractivity contribution in [3.63, 3.8) is 0 Å². The Hall–Kier alpha value is -4.80. The summed E-state index contributed by atoms with van der Waals surface area (Å²) in [6.07, 6.45) is 6.63. The van der Waals surface area contributed by atoms with Gasteiger partial charge in [0, 0.05) is 61.8 Å². The smallest absolute Gasteiger partial charge is 0.264 e. The predicted molar refractivity (Wildman–Crippen MR) is 186 cm³/mol. The zero-order valence-electron chi connectivity index (χ0n) is 27.8. The molecular formula is C39H42N4O6. The fraction of sp³-hybridized carbons (Fsp3) is 0.385. The van der Waals surface area contributed by atoms with E-state index in [0.29, 0.717) is 55.8 Å². The van der Waals surface area contributed by atoms with Crippen LogP contribution >= 0.6 is 0 Å². The number of fused-ring (bicyclic) bond motifs is 2. The highest BCUT2D eigenvalue weighted by Crippen LogP contribution is 2.47. The molecule has 0 aliphatic carbocycles. The van der Waals surface area contributed by atoms with E-state index in [1.165, 1.54) is 0 Å². The third-order valence-corrected chi connectivity index (χ3v) is 10.6. The number of anilines is 3. The minimum absolute atomic E-state index is 0.00854. The summed E-state index contributed by atoms with van der Waals surface area (Å²) in [4.78, 5) is 59.3. The summed E-state index contributed by atoms with van der Waals surface area (Å²) in [5.41, 5.74) is 3.55. The van der Waals surface area contributed by atoms with E-state index in [-0.39, 0.29) is 43.3 Å². The van der Waals surface area contributed by atoms with Crippen molar-refractivity contribution < 1.29 is 29.4 Å². The van der Waals surface area contributed by atoms with E-state index >= 15 is 0 Å². The van der Waals surface area contributed by atoms with E-state index in [0.717, 1.165) is 35.2 Å². The van der Waals surface area contributed by atoms with Gasteiger partial charge < -0.3 is 29.8 Å². The number of benzene rings is 3. The third kappa shape index (κ3) is 5.93. The molecule has 2 N–H and O–H groups in total. The highest BCUT2D eigenvalue weighted by Gasteiger charge is 2.53. The van der Waals surface area contributed by atoms with Crippen LogP contribution in [0.4, 0.5) is 17.1 Å². The number of aliphatic hydroxyl groups excluding tert-OH is 1. The topological polar surface area (TPSA) is 122 Å². The quantitative estimate of drug-likeness (QED) is 0.332. The number of carbonyl (C=O) groups is 4. The molecule has 0 spiro atoms. The van der Waals surface area contributed by atoms with Gasteiger partial charge in [-0.25, -0.2) is 0 Å². The Balaban J connectivity index is 1.13. The van der Waals surface area contributed by atoms with E-state index in [1.54, 1.807) is 50.8 Å². The number of aliphatic hydroxyl groups is 2. The fourth-order valence-corrected chi connectivity index (χ4v) is 7.74. The van der Waals surface area contributed by atoms with Gasteiger partial charge in [-0.2, -0.15) is 0 Å². The van der Waals surface area contributed by atoms with Crippen LogP contribution in [-0.4, -0.2) is 64.5 Å². The van der Waals surface area contributed by atoms with E-state index < -0.39 is 17.4 Å². The minimum atomic E-state index is -1.94. The van der Waals surface area contributed by atoms with Crippen LogP contribution in [0.15, 0.2) is 78.9 Å². The molecule has 254 valence electrons. The van der Waals surface area contributed by atoms with Crippen LogP contribution < -0.4 is 14.7 Å². The maximum atomic E-state index is 14.3. The van der Waals surface area contributed by atoms with Crippen molar-refractivity contribution in [3.05, 3.63) is 101 Å². The molecule has 3 aromatic rings. The molecule has 3 aromatic carbocycles. The van der Waals surface area contributed by atoms with Gasteiger partial charge in [-0.05, 0) is 66.3 Å². The van der Waals surface area contributed by atoms with Gasteiger partial charge >= 0.3 is 0 Å². The molecule has 2 saturated heterocycles. The second-order valence-electron chi connectivity index (χ2n) is 13.6. The molecule has 0 radical (unpaired) electrons. The summed E-state index contributed by atoms with van der Waals surface area (Å²) in [6, 6.07) is 20.6. The van der Waals surface area contributed by atoms with Gasteiger partial charge in [0.15, 0.2) is 5.60 Å². The Kier molecular flexibility index (Phi) is 8.85. The van der Waals surface area contributed by atoms with E-state index in [4.69, 9.17) is 0 Å². The van der Waals surface area contributed by atoms with Crippen molar-refractivity contribution in [2.45, 2.75) is 70.2 Å². The molecule has 0 bridgehead atoms. The van der Waals surface area contributed by atoms with Crippen molar-refractivity contribution in [1.82, 2.24) is 4.90 Å². The predicted octanol–water partition coefficient (Wildman–Crippen LogP) is 4.20. The summed E-state index contributed by atoms with van der Waals surface area (Å²) in [7, 11) is 0. The van der Waals surface area contributed by atoms with Gasteiger partial charge in [-0.15, -0.1) is 0 Å². The normalized spacial score (nSPS) is 22.8. The van der Waals surface area contributed by atoms with Crippen molar-refractivity contribution in [1.29, 1.82) is 0 Å². The van der Waals surface area contributed by atoms with Gasteiger partial charge in [0.25, 0.3) is 5.91 Å². The molecule has 10 heteroatoms. The van der Waals surface area contributed by atoms with Crippen molar-refractivity contribution in [2.75, 3.05) is 34.4 Å². The largest absolute Gasteiger partial charge is 0.394 e. The first-order chi connectivity index (χ1) is 23.7. The molecular weight excluding hydrogens is 620 g/mol. The Labute approximate surface area is 286 Å². The van der Waals surface area contributed by atoms with Gasteiger partial charge in [0.2, 0.25) is 17.7 Å². The van der Waals surface area contributed by atoms with Crippen molar-refractivity contribution in [3.8, 4) is 0 Å². The summed E-state index contributed by atoms with van der Waals surface area (Å²) >= 11 is 0. The third-order valence-electron chi connectivity index (χ3n) is 10.6. The standard InChI is InChI=1S/C39H42N4O6/c1-26(7-4-10-37(47)42-24-29-9-3-2-8-28(29)21-32(42)25-44)39(49)33-22-31(41-20-6-12-36(41)46)17-18-34(33)43(38(39)48)23-27-13-15-30(16-14-27)40-19-5-11-35(40)45/h2-4,7-9,13-18,22,26,32,44,49H,5-6,10-12,19-21,23-25H2,1H3/b7-4+/t26-,32-,39+/m0/s1. The summed E-state index contributed by atoms with van der Waals surface area (Å²) in [5.74, 6) is -1.22. The van der Waals surface area contributed by atoms with E-state index in [1.807, 2.05) is 54.6 Å². The van der Waals surface area contributed by atoms with Crippen LogP contribution in [0.2, 0.25) is 0 Å². The summed E-state index contributed by atoms with van der Waals surface area (Å²) < 4.78 is 0. The minimum Gasteiger partial charge on any atom is -0.394 e. The molecule has 4 aliphatic rings. The lowest BCUT2D eigenvalue weighted by Gasteiger charge is -2.36. The lowest BCUT2D eigenvalue weighted by molar-refractivity contribution is -0.139. The molecule has 4 amide bonds. The van der Waals surface area contributed by atoms with Crippen molar-refractivity contribution in [2.24, 2.45) is 5.92 Å². The number of carbonyl (C=O) groups excluding carboxylic acids is 4. The zero-order valence-corrected chi connectivity index (χ0v) is 27.8. The summed E-state index contributed by atoms with van der Waals surface area (Å²) in [5, 5.41) is 22.4. The lowest BCUT2D eigenvalue weighted by Crippen LogP contribution is -2.46. The molecule has 4 heterocycles. The Morgan fingerprint density at radius 1 is 0.918 bits per heavy atom. The molecule has 0 aromatic heterocycles. The second kappa shape index (κ2) is 13.2. The van der Waals surface area contributed by atoms with Crippen LogP contribution in [-0.2, 0) is 44.3 Å². The maximum Gasteiger partial charge on any atom is 0.264 e. The Morgan fingerprint density at radius 3 is 2.22 bits per heavy atom. The van der Waals surface area contributed by atoms with Crippen LogP contribution in [0, 0.1) is 5.92 Å². The molecule has 3 atom stereocenters. The SMILES string of the molecule is C[C@@H](/C=C/CC(=O)N1Cc2ccccc2C[C@H]1CO)[C@]1(O)C(=O)N(Cc2ccc(N3CCCC3=O)cc2)c2ccc(N3CCCC3=O)cc21. The van der Waals surface area contributed by atoms with Gasteiger partial charge in [-0.3, -0.25) is 19.2 Å². The fourth-order valence-electron chi connectivity index (χ4n) is 7.74. The first kappa shape index (κ1) is 32.7. The van der Waals surface area contributed by atoms with Crippen LogP contribution in [0.1, 0.15) is 61.3 Å². The number of hydrogen-bond donors (Lipinski definition) is 2. The first-order valence-electron chi connectivity index (χ1n) is 17.2. The van der Waals surface area contributed by atoms with Crippen molar-refractivity contribution >= 4 is 40.7 Å². The molecule has 4 aliphatic heterocycles. The first-order valence-corrected chi connectivity index (χ1v) is 17.2. The lowest BCUT2D eigenvalue weighted by atomic mass is 9.82. The average Bonchev–Trinajstić information content (AvgIpc) is 3.81. The molecule has 0 saturated carbocycles. The van der Waals surface area contributed by atoms with Gasteiger partial charge in [0.05, 0.1) is 24.9 Å². The van der Waals surface area contributed by atoms with E-state index in [9.17, 15) is 29.4 Å². The monoisotopic (exact) mass is 662 g/mol. The zero-order chi connectivity index (χ0) is 34.3. The average molecular weight is 663 g/mol. The van der Waals surface area contributed by atoms with E-state index in [2.05, 4.69) is 0 Å².